The minimum atomic E-state index is -1.40. The number of amides is 3. The number of ether oxygens (including phenoxy) is 1. The number of rotatable bonds is 3. The summed E-state index contributed by atoms with van der Waals surface area (Å²) in [6, 6.07) is 16.7. The molecule has 6 heteroatoms. The van der Waals surface area contributed by atoms with Crippen molar-refractivity contribution in [3.05, 3.63) is 71.3 Å². The lowest BCUT2D eigenvalue weighted by Crippen LogP contribution is -2.44. The maximum Gasteiger partial charge on any atom is 0.418 e. The summed E-state index contributed by atoms with van der Waals surface area (Å²) in [7, 11) is 0. The van der Waals surface area contributed by atoms with E-state index in [4.69, 9.17) is 4.74 Å². The van der Waals surface area contributed by atoms with Crippen LogP contribution in [0.3, 0.4) is 0 Å². The molecule has 0 aromatic heterocycles. The van der Waals surface area contributed by atoms with Crippen molar-refractivity contribution >= 4 is 17.9 Å². The lowest BCUT2D eigenvalue weighted by molar-refractivity contribution is -0.146. The normalized spacial score (nSPS) is 20.4. The molecule has 4 rings (SSSR count). The zero-order valence-electron chi connectivity index (χ0n) is 15.7. The predicted molar refractivity (Wildman–Crippen MR) is 102 cm³/mol. The first kappa shape index (κ1) is 18.2. The van der Waals surface area contributed by atoms with Crippen LogP contribution in [-0.2, 0) is 27.3 Å². The van der Waals surface area contributed by atoms with Gasteiger partial charge in [-0.05, 0) is 36.5 Å². The summed E-state index contributed by atoms with van der Waals surface area (Å²) in [4.78, 5) is 40.9. The maximum atomic E-state index is 13.0. The van der Waals surface area contributed by atoms with Gasteiger partial charge in [-0.3, -0.25) is 9.59 Å². The second-order valence-electron chi connectivity index (χ2n) is 7.19. The van der Waals surface area contributed by atoms with Gasteiger partial charge in [0.15, 0.2) is 0 Å². The van der Waals surface area contributed by atoms with E-state index < -0.39 is 30.1 Å². The lowest BCUT2D eigenvalue weighted by atomic mass is 10.0. The summed E-state index contributed by atoms with van der Waals surface area (Å²) in [5.41, 5.74) is 3.09. The van der Waals surface area contributed by atoms with Crippen molar-refractivity contribution in [1.29, 1.82) is 0 Å². The Morgan fingerprint density at radius 1 is 1.04 bits per heavy atom. The molecule has 0 radical (unpaired) electrons. The van der Waals surface area contributed by atoms with E-state index in [1.54, 1.807) is 11.8 Å². The molecule has 1 unspecified atom stereocenters. The predicted octanol–water partition coefficient (Wildman–Crippen LogP) is 3.07. The highest BCUT2D eigenvalue weighted by molar-refractivity contribution is 6.12. The average molecular weight is 378 g/mol. The number of carbonyl (C=O) groups is 3. The molecule has 28 heavy (non-hydrogen) atoms. The smallest absolute Gasteiger partial charge is 0.418 e. The van der Waals surface area contributed by atoms with Gasteiger partial charge < -0.3 is 9.64 Å². The van der Waals surface area contributed by atoms with Crippen LogP contribution in [0.2, 0.25) is 0 Å². The molecule has 0 saturated carbocycles. The molecule has 0 aliphatic carbocycles. The second kappa shape index (κ2) is 7.46. The molecule has 2 aliphatic heterocycles. The Hall–Kier alpha value is -3.15. The van der Waals surface area contributed by atoms with E-state index in [2.05, 4.69) is 6.07 Å². The Kier molecular flexibility index (Phi) is 4.86. The molecule has 2 heterocycles. The largest absolute Gasteiger partial charge is 0.425 e. The van der Waals surface area contributed by atoms with E-state index in [9.17, 15) is 14.4 Å². The Bertz CT molecular complexity index is 912. The molecule has 2 aromatic rings. The average Bonchev–Trinajstić information content (AvgIpc) is 2.89. The maximum absolute atomic E-state index is 13.0. The van der Waals surface area contributed by atoms with E-state index in [-0.39, 0.29) is 0 Å². The molecule has 1 fully saturated rings. The Balaban J connectivity index is 1.53. The van der Waals surface area contributed by atoms with Gasteiger partial charge in [0.25, 0.3) is 17.9 Å². The third-order valence-corrected chi connectivity index (χ3v) is 5.44. The molecule has 6 nitrogen and oxygen atoms in total. The Labute approximate surface area is 163 Å². The summed E-state index contributed by atoms with van der Waals surface area (Å²) in [5, 5.41) is 0. The molecular weight excluding hydrogens is 356 g/mol. The zero-order valence-corrected chi connectivity index (χ0v) is 15.7. The third-order valence-electron chi connectivity index (χ3n) is 5.44. The summed E-state index contributed by atoms with van der Waals surface area (Å²) in [6.45, 7) is 2.71. The number of imide groups is 1. The fourth-order valence-corrected chi connectivity index (χ4v) is 3.86. The fourth-order valence-electron chi connectivity index (χ4n) is 3.86. The van der Waals surface area contributed by atoms with Gasteiger partial charge >= 0.3 is 6.09 Å². The monoisotopic (exact) mass is 378 g/mol. The number of cyclic esters (lactones) is 1. The molecule has 3 amide bonds. The van der Waals surface area contributed by atoms with E-state index in [0.29, 0.717) is 13.1 Å². The van der Waals surface area contributed by atoms with Crippen LogP contribution >= 0.6 is 0 Å². The van der Waals surface area contributed by atoms with Gasteiger partial charge in [0.05, 0.1) is 6.04 Å². The first-order chi connectivity index (χ1) is 13.6. The van der Waals surface area contributed by atoms with Crippen molar-refractivity contribution in [2.75, 3.05) is 6.54 Å². The Morgan fingerprint density at radius 3 is 2.46 bits per heavy atom. The van der Waals surface area contributed by atoms with Gasteiger partial charge in [-0.25, -0.2) is 9.69 Å². The van der Waals surface area contributed by atoms with Gasteiger partial charge in [-0.15, -0.1) is 0 Å². The minimum absolute atomic E-state index is 0.421. The topological polar surface area (TPSA) is 66.9 Å². The standard InChI is InChI=1S/C22H22N2O4/c1-15(16-8-3-2-4-9-16)24-21(26)19(28-22(24)27)20(25)23-13-7-12-17-10-5-6-11-18(17)14-23/h2-6,8-11,15,19H,7,12-14H2,1H3/t15-,19?/m1/s1. The van der Waals surface area contributed by atoms with Crippen molar-refractivity contribution in [2.45, 2.75) is 38.5 Å². The van der Waals surface area contributed by atoms with E-state index >= 15 is 0 Å². The molecule has 144 valence electrons. The van der Waals surface area contributed by atoms with Crippen LogP contribution in [0.15, 0.2) is 54.6 Å². The quantitative estimate of drug-likeness (QED) is 0.770. The van der Waals surface area contributed by atoms with Crippen LogP contribution in [0.5, 0.6) is 0 Å². The number of hydrogen-bond donors (Lipinski definition) is 0. The van der Waals surface area contributed by atoms with Crippen LogP contribution in [0, 0.1) is 0 Å². The third kappa shape index (κ3) is 3.26. The molecule has 2 aliphatic rings. The first-order valence-corrected chi connectivity index (χ1v) is 9.50. The Morgan fingerprint density at radius 2 is 1.71 bits per heavy atom. The van der Waals surface area contributed by atoms with Gasteiger partial charge in [-0.2, -0.15) is 0 Å². The number of hydrogen-bond acceptors (Lipinski definition) is 4. The molecule has 0 bridgehead atoms. The van der Waals surface area contributed by atoms with Crippen LogP contribution in [0.25, 0.3) is 0 Å². The summed E-state index contributed by atoms with van der Waals surface area (Å²) >= 11 is 0. The van der Waals surface area contributed by atoms with Crippen LogP contribution < -0.4 is 0 Å². The van der Waals surface area contributed by atoms with Crippen molar-refractivity contribution in [3.8, 4) is 0 Å². The molecule has 1 saturated heterocycles. The summed E-state index contributed by atoms with van der Waals surface area (Å²) < 4.78 is 5.22. The highest BCUT2D eigenvalue weighted by Crippen LogP contribution is 2.28. The lowest BCUT2D eigenvalue weighted by Gasteiger charge is -2.23. The van der Waals surface area contributed by atoms with Crippen LogP contribution in [-0.4, -0.2) is 40.4 Å². The van der Waals surface area contributed by atoms with Crippen LogP contribution in [0.4, 0.5) is 4.79 Å². The molecule has 2 aromatic carbocycles. The van der Waals surface area contributed by atoms with Crippen LogP contribution in [0.1, 0.15) is 36.1 Å². The van der Waals surface area contributed by atoms with E-state index in [0.717, 1.165) is 28.9 Å². The first-order valence-electron chi connectivity index (χ1n) is 9.50. The van der Waals surface area contributed by atoms with Crippen molar-refractivity contribution in [3.63, 3.8) is 0 Å². The number of benzene rings is 2. The minimum Gasteiger partial charge on any atom is -0.425 e. The molecular formula is C22H22N2O4. The highest BCUT2D eigenvalue weighted by atomic mass is 16.6. The number of carbonyl (C=O) groups excluding carboxylic acids is 3. The highest BCUT2D eigenvalue weighted by Gasteiger charge is 2.48. The van der Waals surface area contributed by atoms with Gasteiger partial charge in [0.1, 0.15) is 0 Å². The fraction of sp³-hybridized carbons (Fsp3) is 0.318. The summed E-state index contributed by atoms with van der Waals surface area (Å²) in [6.07, 6.45) is -0.476. The van der Waals surface area contributed by atoms with Gasteiger partial charge in [-0.1, -0.05) is 54.6 Å². The molecule has 0 N–H and O–H groups in total. The second-order valence-corrected chi connectivity index (χ2v) is 7.19. The van der Waals surface area contributed by atoms with Crippen molar-refractivity contribution < 1.29 is 19.1 Å². The summed E-state index contributed by atoms with van der Waals surface area (Å²) in [5.74, 6) is -1.04. The number of nitrogens with zero attached hydrogens (tertiary/aromatic N) is 2. The number of aryl methyl sites for hydroxylation is 1. The molecule has 2 atom stereocenters. The zero-order chi connectivity index (χ0) is 19.7. The number of fused-ring (bicyclic) bond motifs is 1. The molecule has 0 spiro atoms. The van der Waals surface area contributed by atoms with Gasteiger partial charge in [0.2, 0.25) is 0 Å². The van der Waals surface area contributed by atoms with E-state index in [1.165, 1.54) is 5.56 Å². The van der Waals surface area contributed by atoms with Gasteiger partial charge in [0, 0.05) is 13.1 Å². The van der Waals surface area contributed by atoms with E-state index in [1.807, 2.05) is 48.5 Å². The van der Waals surface area contributed by atoms with Crippen molar-refractivity contribution in [1.82, 2.24) is 9.80 Å². The SMILES string of the molecule is C[C@H](c1ccccc1)N1C(=O)OC(C(=O)N2CCCc3ccccc3C2)C1=O. The van der Waals surface area contributed by atoms with Crippen molar-refractivity contribution in [2.24, 2.45) is 0 Å².